The van der Waals surface area contributed by atoms with E-state index in [2.05, 4.69) is 53.8 Å². The Hall–Kier alpha value is -3.71. The smallest absolute Gasteiger partial charge is 0.322 e. The summed E-state index contributed by atoms with van der Waals surface area (Å²) in [5, 5.41) is 9.39. The highest BCUT2D eigenvalue weighted by Gasteiger charge is 2.35. The summed E-state index contributed by atoms with van der Waals surface area (Å²) in [6, 6.07) is 21.9. The van der Waals surface area contributed by atoms with Crippen LogP contribution in [0.5, 0.6) is 0 Å². The quantitative estimate of drug-likeness (QED) is 0.354. The molecule has 5 rings (SSSR count). The zero-order chi connectivity index (χ0) is 23.5. The van der Waals surface area contributed by atoms with Crippen molar-refractivity contribution in [1.29, 1.82) is 0 Å². The first kappa shape index (κ1) is 22.1. The van der Waals surface area contributed by atoms with Crippen LogP contribution < -0.4 is 5.32 Å². The van der Waals surface area contributed by atoms with E-state index in [1.807, 2.05) is 42.6 Å². The zero-order valence-corrected chi connectivity index (χ0v) is 20.0. The zero-order valence-electron chi connectivity index (χ0n) is 19.2. The molecule has 1 N–H and O–H groups in total. The van der Waals surface area contributed by atoms with Crippen LogP contribution in [0, 0.1) is 0 Å². The molecule has 1 aliphatic rings. The van der Waals surface area contributed by atoms with Crippen LogP contribution in [-0.2, 0) is 12.8 Å². The first-order valence-corrected chi connectivity index (χ1v) is 12.3. The van der Waals surface area contributed by atoms with Crippen molar-refractivity contribution in [3.63, 3.8) is 0 Å². The second-order valence-electron chi connectivity index (χ2n) is 8.26. The van der Waals surface area contributed by atoms with Gasteiger partial charge in [-0.3, -0.25) is 4.90 Å². The Kier molecular flexibility index (Phi) is 6.27. The van der Waals surface area contributed by atoms with Crippen molar-refractivity contribution in [3.8, 4) is 10.7 Å². The molecule has 2 aromatic carbocycles. The van der Waals surface area contributed by atoms with Gasteiger partial charge in [-0.15, -0.1) is 11.3 Å². The summed E-state index contributed by atoms with van der Waals surface area (Å²) in [5.41, 5.74) is 5.06. The molecule has 0 spiro atoms. The highest BCUT2D eigenvalue weighted by Crippen LogP contribution is 2.37. The number of hydrogen-bond acceptors (Lipinski definition) is 5. The van der Waals surface area contributed by atoms with Gasteiger partial charge in [0, 0.05) is 12.2 Å². The van der Waals surface area contributed by atoms with Crippen molar-refractivity contribution in [3.05, 3.63) is 100 Å². The minimum Gasteiger partial charge on any atom is -0.334 e. The van der Waals surface area contributed by atoms with Crippen molar-refractivity contribution < 1.29 is 9.32 Å². The Morgan fingerprint density at radius 1 is 1.03 bits per heavy atom. The fraction of sp³-hybridized carbons (Fsp3) is 0.222. The Morgan fingerprint density at radius 2 is 1.82 bits per heavy atom. The van der Waals surface area contributed by atoms with Crippen molar-refractivity contribution in [2.45, 2.75) is 32.7 Å². The third-order valence-electron chi connectivity index (χ3n) is 6.18. The molecule has 7 heteroatoms. The molecule has 172 valence electrons. The number of benzene rings is 2. The van der Waals surface area contributed by atoms with Crippen molar-refractivity contribution >= 4 is 22.9 Å². The molecular weight excluding hydrogens is 444 g/mol. The molecule has 0 bridgehead atoms. The molecule has 2 aromatic heterocycles. The van der Waals surface area contributed by atoms with Gasteiger partial charge >= 0.3 is 6.03 Å². The van der Waals surface area contributed by atoms with Crippen LogP contribution in [0.4, 0.5) is 4.79 Å². The number of amides is 2. The Labute approximate surface area is 202 Å². The maximum atomic E-state index is 13.2. The van der Waals surface area contributed by atoms with E-state index < -0.39 is 0 Å². The summed E-state index contributed by atoms with van der Waals surface area (Å²) in [6.07, 6.45) is 1.71. The van der Waals surface area contributed by atoms with Crippen LogP contribution in [0.25, 0.3) is 16.3 Å². The number of urea groups is 1. The molecule has 0 aliphatic carbocycles. The molecule has 1 atom stereocenters. The van der Waals surface area contributed by atoms with Crippen LogP contribution in [0.15, 0.2) is 82.3 Å². The lowest BCUT2D eigenvalue weighted by molar-refractivity contribution is 0.205. The van der Waals surface area contributed by atoms with Crippen LogP contribution in [0.2, 0.25) is 0 Å². The first-order valence-electron chi connectivity index (χ1n) is 11.4. The van der Waals surface area contributed by atoms with E-state index in [-0.39, 0.29) is 12.1 Å². The third-order valence-corrected chi connectivity index (χ3v) is 7.05. The number of nitrogens with one attached hydrogen (secondary N) is 1. The highest BCUT2D eigenvalue weighted by atomic mass is 32.1. The fourth-order valence-electron chi connectivity index (χ4n) is 4.25. The van der Waals surface area contributed by atoms with Gasteiger partial charge in [-0.05, 0) is 47.9 Å². The van der Waals surface area contributed by atoms with Gasteiger partial charge in [-0.1, -0.05) is 72.7 Å². The maximum absolute atomic E-state index is 13.2. The van der Waals surface area contributed by atoms with Crippen molar-refractivity contribution in [1.82, 2.24) is 20.4 Å². The van der Waals surface area contributed by atoms with Crippen LogP contribution in [0.3, 0.4) is 0 Å². The lowest BCUT2D eigenvalue weighted by Crippen LogP contribution is -2.46. The standard InChI is InChI=1S/C27H26N4O2S/c1-3-19-11-13-21(14-12-19)24-23(26-29-25(30-33-26)22-10-7-17-34-22)18(2)31(27(32)28-24)16-15-20-8-5-4-6-9-20/h4-14,17,24H,3,15-16H2,1-2H3,(H,28,32). The van der Waals surface area contributed by atoms with E-state index in [1.54, 1.807) is 16.2 Å². The molecule has 1 aliphatic heterocycles. The predicted octanol–water partition coefficient (Wildman–Crippen LogP) is 6.10. The van der Waals surface area contributed by atoms with E-state index in [0.717, 1.165) is 34.6 Å². The molecular formula is C27H26N4O2S. The number of nitrogens with zero attached hydrogens (tertiary/aromatic N) is 3. The van der Waals surface area contributed by atoms with Gasteiger partial charge in [0.1, 0.15) is 0 Å². The minimum atomic E-state index is -0.372. The Morgan fingerprint density at radius 3 is 2.53 bits per heavy atom. The number of thiophene rings is 1. The molecule has 3 heterocycles. The average molecular weight is 471 g/mol. The number of aryl methyl sites for hydroxylation is 1. The minimum absolute atomic E-state index is 0.125. The summed E-state index contributed by atoms with van der Waals surface area (Å²) < 4.78 is 5.75. The molecule has 6 nitrogen and oxygen atoms in total. The molecule has 0 saturated heterocycles. The van der Waals surface area contributed by atoms with Gasteiger partial charge in [-0.25, -0.2) is 4.79 Å². The van der Waals surface area contributed by atoms with E-state index in [4.69, 9.17) is 9.51 Å². The SMILES string of the molecule is CCc1ccc(C2NC(=O)N(CCc3ccccc3)C(C)=C2c2nc(-c3cccs3)no2)cc1. The summed E-state index contributed by atoms with van der Waals surface area (Å²) in [4.78, 5) is 20.6. The molecule has 34 heavy (non-hydrogen) atoms. The third kappa shape index (κ3) is 4.39. The average Bonchev–Trinajstić information content (AvgIpc) is 3.57. The van der Waals surface area contributed by atoms with Crippen LogP contribution >= 0.6 is 11.3 Å². The molecule has 0 fully saturated rings. The van der Waals surface area contributed by atoms with Gasteiger partial charge in [0.2, 0.25) is 5.82 Å². The second kappa shape index (κ2) is 9.65. The number of carbonyl (C=O) groups is 1. The van der Waals surface area contributed by atoms with Crippen LogP contribution in [0.1, 0.15) is 42.5 Å². The Bertz CT molecular complexity index is 1290. The second-order valence-corrected chi connectivity index (χ2v) is 9.21. The molecule has 4 aromatic rings. The van der Waals surface area contributed by atoms with Gasteiger partial charge in [0.15, 0.2) is 0 Å². The largest absolute Gasteiger partial charge is 0.334 e. The molecule has 1 unspecified atom stereocenters. The monoisotopic (exact) mass is 470 g/mol. The number of allylic oxidation sites excluding steroid dienone is 1. The number of rotatable bonds is 7. The molecule has 0 saturated carbocycles. The van der Waals surface area contributed by atoms with E-state index in [1.165, 1.54) is 11.1 Å². The number of aromatic nitrogens is 2. The predicted molar refractivity (Wildman–Crippen MR) is 134 cm³/mol. The van der Waals surface area contributed by atoms with E-state index in [0.29, 0.717) is 18.3 Å². The summed E-state index contributed by atoms with van der Waals surface area (Å²) >= 11 is 1.56. The van der Waals surface area contributed by atoms with Crippen molar-refractivity contribution in [2.75, 3.05) is 6.54 Å². The topological polar surface area (TPSA) is 71.3 Å². The van der Waals surface area contributed by atoms with E-state index >= 15 is 0 Å². The lowest BCUT2D eigenvalue weighted by atomic mass is 9.93. The van der Waals surface area contributed by atoms with Gasteiger partial charge in [0.05, 0.1) is 16.5 Å². The summed E-state index contributed by atoms with van der Waals surface area (Å²) in [7, 11) is 0. The van der Waals surface area contributed by atoms with Gasteiger partial charge in [0.25, 0.3) is 5.89 Å². The summed E-state index contributed by atoms with van der Waals surface area (Å²) in [6.45, 7) is 4.64. The number of carbonyl (C=O) groups excluding carboxylic acids is 1. The van der Waals surface area contributed by atoms with Gasteiger partial charge < -0.3 is 9.84 Å². The Balaban J connectivity index is 1.53. The molecule has 0 radical (unpaired) electrons. The normalized spacial score (nSPS) is 16.1. The fourth-order valence-corrected chi connectivity index (χ4v) is 4.90. The lowest BCUT2D eigenvalue weighted by Gasteiger charge is -2.35. The van der Waals surface area contributed by atoms with E-state index in [9.17, 15) is 4.79 Å². The summed E-state index contributed by atoms with van der Waals surface area (Å²) in [5.74, 6) is 0.980. The maximum Gasteiger partial charge on any atom is 0.322 e. The number of hydrogen-bond donors (Lipinski definition) is 1. The molecule has 2 amide bonds. The van der Waals surface area contributed by atoms with Gasteiger partial charge in [-0.2, -0.15) is 4.98 Å². The first-order chi connectivity index (χ1) is 16.6. The highest BCUT2D eigenvalue weighted by molar-refractivity contribution is 7.13. The van der Waals surface area contributed by atoms with Crippen LogP contribution in [-0.4, -0.2) is 27.6 Å². The van der Waals surface area contributed by atoms with Crippen molar-refractivity contribution in [2.24, 2.45) is 0 Å².